The maximum absolute atomic E-state index is 12.1. The first-order valence-corrected chi connectivity index (χ1v) is 7.76. The van der Waals surface area contributed by atoms with E-state index in [1.165, 1.54) is 0 Å². The minimum Gasteiger partial charge on any atom is -0.497 e. The van der Waals surface area contributed by atoms with Crippen molar-refractivity contribution in [3.8, 4) is 5.75 Å². The molecule has 0 bridgehead atoms. The predicted octanol–water partition coefficient (Wildman–Crippen LogP) is 2.13. The molecule has 3 aromatic rings. The summed E-state index contributed by atoms with van der Waals surface area (Å²) in [6, 6.07) is 7.40. The maximum atomic E-state index is 12.1. The van der Waals surface area contributed by atoms with Crippen LogP contribution in [-0.4, -0.2) is 41.7 Å². The Hall–Kier alpha value is -3.16. The Balaban J connectivity index is 2.17. The SMILES string of the molecule is CNC(=O)CN(c1ccc(OC)cc1)c1nc(C)nc2onc(C)c12. The molecule has 2 aromatic heterocycles. The summed E-state index contributed by atoms with van der Waals surface area (Å²) in [5.41, 5.74) is 1.86. The summed E-state index contributed by atoms with van der Waals surface area (Å²) in [6.07, 6.45) is 0. The zero-order valence-corrected chi connectivity index (χ0v) is 14.5. The Bertz CT molecular complexity index is 905. The topological polar surface area (TPSA) is 93.4 Å². The molecule has 1 N–H and O–H groups in total. The van der Waals surface area contributed by atoms with Crippen LogP contribution in [0.3, 0.4) is 0 Å². The van der Waals surface area contributed by atoms with Gasteiger partial charge in [0.05, 0.1) is 12.8 Å². The van der Waals surface area contributed by atoms with E-state index in [4.69, 9.17) is 9.26 Å². The van der Waals surface area contributed by atoms with Crippen molar-refractivity contribution < 1.29 is 14.1 Å². The Labute approximate surface area is 144 Å². The van der Waals surface area contributed by atoms with Crippen LogP contribution in [0.1, 0.15) is 11.5 Å². The molecule has 8 nitrogen and oxygen atoms in total. The fourth-order valence-corrected chi connectivity index (χ4v) is 2.54. The summed E-state index contributed by atoms with van der Waals surface area (Å²) in [5, 5.41) is 7.30. The molecule has 0 aliphatic carbocycles. The van der Waals surface area contributed by atoms with E-state index in [2.05, 4.69) is 20.4 Å². The molecule has 25 heavy (non-hydrogen) atoms. The third-order valence-corrected chi connectivity index (χ3v) is 3.82. The number of nitrogens with one attached hydrogen (secondary N) is 1. The molecule has 0 radical (unpaired) electrons. The van der Waals surface area contributed by atoms with Gasteiger partial charge in [-0.25, -0.2) is 4.98 Å². The molecule has 0 aliphatic rings. The number of anilines is 2. The van der Waals surface area contributed by atoms with Gasteiger partial charge in [0.15, 0.2) is 5.82 Å². The standard InChI is InChI=1S/C17H19N5O3/c1-10-15-16(19-11(2)20-17(15)25-21-10)22(9-14(23)18-3)12-5-7-13(24-4)8-6-12/h5-8H,9H2,1-4H3,(H,18,23). The molecule has 0 fully saturated rings. The van der Waals surface area contributed by atoms with Gasteiger partial charge >= 0.3 is 0 Å². The van der Waals surface area contributed by atoms with Gasteiger partial charge in [0.2, 0.25) is 5.91 Å². The Morgan fingerprint density at radius 1 is 1.24 bits per heavy atom. The monoisotopic (exact) mass is 341 g/mol. The van der Waals surface area contributed by atoms with Crippen LogP contribution in [0.2, 0.25) is 0 Å². The molecule has 130 valence electrons. The number of nitrogens with zero attached hydrogens (tertiary/aromatic N) is 4. The molecule has 1 aromatic carbocycles. The highest BCUT2D eigenvalue weighted by Gasteiger charge is 2.22. The van der Waals surface area contributed by atoms with E-state index < -0.39 is 0 Å². The molecule has 0 spiro atoms. The third kappa shape index (κ3) is 3.23. The first-order valence-electron chi connectivity index (χ1n) is 7.76. The number of carbonyl (C=O) groups is 1. The number of likely N-dealkylation sites (N-methyl/N-ethyl adjacent to an activating group) is 1. The molecule has 1 amide bonds. The van der Waals surface area contributed by atoms with E-state index in [9.17, 15) is 4.79 Å². The van der Waals surface area contributed by atoms with Crippen LogP contribution in [0.4, 0.5) is 11.5 Å². The molecule has 0 unspecified atom stereocenters. The van der Waals surface area contributed by atoms with Gasteiger partial charge in [-0.05, 0) is 38.1 Å². The Morgan fingerprint density at radius 3 is 2.60 bits per heavy atom. The summed E-state index contributed by atoms with van der Waals surface area (Å²) in [6.45, 7) is 3.69. The maximum Gasteiger partial charge on any atom is 0.263 e. The third-order valence-electron chi connectivity index (χ3n) is 3.82. The molecule has 0 saturated heterocycles. The first kappa shape index (κ1) is 16.7. The summed E-state index contributed by atoms with van der Waals surface area (Å²) in [4.78, 5) is 22.7. The van der Waals surface area contributed by atoms with Gasteiger partial charge in [0.25, 0.3) is 5.71 Å². The molecule has 3 rings (SSSR count). The lowest BCUT2D eigenvalue weighted by molar-refractivity contribution is -0.119. The van der Waals surface area contributed by atoms with Crippen LogP contribution in [0, 0.1) is 13.8 Å². The molecule has 0 atom stereocenters. The molecule has 0 saturated carbocycles. The van der Waals surface area contributed by atoms with Crippen molar-refractivity contribution in [1.82, 2.24) is 20.4 Å². The smallest absolute Gasteiger partial charge is 0.263 e. The number of fused-ring (bicyclic) bond motifs is 1. The Kier molecular flexibility index (Phi) is 4.51. The van der Waals surface area contributed by atoms with Crippen LogP contribution < -0.4 is 15.0 Å². The van der Waals surface area contributed by atoms with E-state index >= 15 is 0 Å². The van der Waals surface area contributed by atoms with Gasteiger partial charge in [-0.3, -0.25) is 4.79 Å². The molecular formula is C17H19N5O3. The van der Waals surface area contributed by atoms with E-state index in [0.29, 0.717) is 28.4 Å². The second kappa shape index (κ2) is 6.76. The Morgan fingerprint density at radius 2 is 1.96 bits per heavy atom. The highest BCUT2D eigenvalue weighted by atomic mass is 16.5. The van der Waals surface area contributed by atoms with Crippen molar-refractivity contribution in [2.24, 2.45) is 0 Å². The summed E-state index contributed by atoms with van der Waals surface area (Å²) in [5.74, 6) is 1.70. The van der Waals surface area contributed by atoms with E-state index in [1.54, 1.807) is 26.0 Å². The number of hydrogen-bond donors (Lipinski definition) is 1. The molecule has 0 aliphatic heterocycles. The number of aryl methyl sites for hydroxylation is 2. The second-order valence-electron chi connectivity index (χ2n) is 5.50. The number of rotatable bonds is 5. The van der Waals surface area contributed by atoms with Gasteiger partial charge in [-0.15, -0.1) is 0 Å². The summed E-state index contributed by atoms with van der Waals surface area (Å²) < 4.78 is 10.5. The molecule has 2 heterocycles. The average molecular weight is 341 g/mol. The zero-order chi connectivity index (χ0) is 18.0. The lowest BCUT2D eigenvalue weighted by atomic mass is 10.2. The number of hydrogen-bond acceptors (Lipinski definition) is 7. The number of benzene rings is 1. The predicted molar refractivity (Wildman–Crippen MR) is 93.1 cm³/mol. The molecule has 8 heteroatoms. The molecular weight excluding hydrogens is 322 g/mol. The van der Waals surface area contributed by atoms with Gasteiger partial charge in [-0.1, -0.05) is 5.16 Å². The number of aromatic nitrogens is 3. The minimum absolute atomic E-state index is 0.0962. The van der Waals surface area contributed by atoms with Crippen LogP contribution in [0.25, 0.3) is 11.1 Å². The summed E-state index contributed by atoms with van der Waals surface area (Å²) in [7, 11) is 3.20. The van der Waals surface area contributed by atoms with Gasteiger partial charge in [-0.2, -0.15) is 4.98 Å². The van der Waals surface area contributed by atoms with Gasteiger partial charge < -0.3 is 19.5 Å². The van der Waals surface area contributed by atoms with Crippen LogP contribution in [0.5, 0.6) is 5.75 Å². The first-order chi connectivity index (χ1) is 12.0. The highest BCUT2D eigenvalue weighted by Crippen LogP contribution is 2.32. The largest absolute Gasteiger partial charge is 0.497 e. The van der Waals surface area contributed by atoms with Gasteiger partial charge in [0, 0.05) is 12.7 Å². The lowest BCUT2D eigenvalue weighted by Gasteiger charge is -2.24. The van der Waals surface area contributed by atoms with Crippen molar-refractivity contribution in [2.75, 3.05) is 25.6 Å². The lowest BCUT2D eigenvalue weighted by Crippen LogP contribution is -2.33. The fourth-order valence-electron chi connectivity index (χ4n) is 2.54. The van der Waals surface area contributed by atoms with Crippen molar-refractivity contribution in [1.29, 1.82) is 0 Å². The number of carbonyl (C=O) groups excluding carboxylic acids is 1. The number of methoxy groups -OCH3 is 1. The van der Waals surface area contributed by atoms with Crippen molar-refractivity contribution >= 4 is 28.5 Å². The van der Waals surface area contributed by atoms with Crippen molar-refractivity contribution in [3.05, 3.63) is 35.8 Å². The number of ether oxygens (including phenoxy) is 1. The summed E-state index contributed by atoms with van der Waals surface area (Å²) >= 11 is 0. The quantitative estimate of drug-likeness (QED) is 0.760. The fraction of sp³-hybridized carbons (Fsp3) is 0.294. The van der Waals surface area contributed by atoms with Crippen molar-refractivity contribution in [3.63, 3.8) is 0 Å². The van der Waals surface area contributed by atoms with E-state index in [1.807, 2.05) is 31.2 Å². The number of amides is 1. The normalized spacial score (nSPS) is 10.7. The van der Waals surface area contributed by atoms with Gasteiger partial charge in [0.1, 0.15) is 23.5 Å². The second-order valence-corrected chi connectivity index (χ2v) is 5.50. The van der Waals surface area contributed by atoms with Crippen LogP contribution in [0.15, 0.2) is 28.8 Å². The van der Waals surface area contributed by atoms with E-state index in [-0.39, 0.29) is 12.5 Å². The van der Waals surface area contributed by atoms with E-state index in [0.717, 1.165) is 11.4 Å². The van der Waals surface area contributed by atoms with Crippen molar-refractivity contribution in [2.45, 2.75) is 13.8 Å². The van der Waals surface area contributed by atoms with Crippen LogP contribution >= 0.6 is 0 Å². The van der Waals surface area contributed by atoms with Crippen LogP contribution in [-0.2, 0) is 4.79 Å². The highest BCUT2D eigenvalue weighted by molar-refractivity contribution is 5.93. The minimum atomic E-state index is -0.144. The average Bonchev–Trinajstić information content (AvgIpc) is 2.99. The zero-order valence-electron chi connectivity index (χ0n) is 14.5.